The summed E-state index contributed by atoms with van der Waals surface area (Å²) < 4.78 is 23.0. The minimum atomic E-state index is -2.80. The molecule has 2 fully saturated rings. The van der Waals surface area contributed by atoms with E-state index in [0.29, 0.717) is 23.5 Å². The zero-order valence-corrected chi connectivity index (χ0v) is 11.4. The zero-order valence-electron chi connectivity index (χ0n) is 10.6. The molecule has 4 nitrogen and oxygen atoms in total. The van der Waals surface area contributed by atoms with E-state index in [9.17, 15) is 8.42 Å². The van der Waals surface area contributed by atoms with E-state index in [2.05, 4.69) is 5.32 Å². The molecule has 1 aliphatic carbocycles. The lowest BCUT2D eigenvalue weighted by atomic mass is 9.85. The predicted octanol–water partition coefficient (Wildman–Crippen LogP) is 0.671. The maximum absolute atomic E-state index is 11.5. The van der Waals surface area contributed by atoms with Gasteiger partial charge >= 0.3 is 0 Å². The Morgan fingerprint density at radius 2 is 2.18 bits per heavy atom. The molecule has 2 rings (SSSR count). The Morgan fingerprint density at radius 1 is 1.41 bits per heavy atom. The van der Waals surface area contributed by atoms with Gasteiger partial charge in [-0.2, -0.15) is 0 Å². The van der Waals surface area contributed by atoms with Crippen LogP contribution in [0, 0.1) is 5.92 Å². The van der Waals surface area contributed by atoms with Crippen LogP contribution >= 0.6 is 0 Å². The van der Waals surface area contributed by atoms with E-state index < -0.39 is 9.84 Å². The summed E-state index contributed by atoms with van der Waals surface area (Å²) in [5.74, 6) is 1.25. The molecule has 5 heteroatoms. The summed E-state index contributed by atoms with van der Waals surface area (Å²) >= 11 is 0. The molecule has 1 saturated heterocycles. The summed E-state index contributed by atoms with van der Waals surface area (Å²) in [6, 6.07) is 0.343. The Balaban J connectivity index is 1.82. The molecule has 100 valence electrons. The van der Waals surface area contributed by atoms with Crippen LogP contribution < -0.4 is 11.1 Å². The van der Waals surface area contributed by atoms with Crippen LogP contribution in [0.4, 0.5) is 0 Å². The van der Waals surface area contributed by atoms with Crippen LogP contribution in [0.3, 0.4) is 0 Å². The van der Waals surface area contributed by atoms with Gasteiger partial charge in [0.05, 0.1) is 11.5 Å². The van der Waals surface area contributed by atoms with Gasteiger partial charge in [0.25, 0.3) is 0 Å². The fraction of sp³-hybridized carbons (Fsp3) is 1.00. The molecule has 1 saturated carbocycles. The molecule has 0 bridgehead atoms. The second-order valence-electron chi connectivity index (χ2n) is 6.08. The SMILES string of the molecule is CC1(NCC2CCCC(N)C2)CCS(=O)(=O)C1. The molecule has 2 aliphatic rings. The van der Waals surface area contributed by atoms with Crippen molar-refractivity contribution < 1.29 is 8.42 Å². The van der Waals surface area contributed by atoms with Crippen molar-refractivity contribution in [2.75, 3.05) is 18.1 Å². The van der Waals surface area contributed by atoms with Crippen LogP contribution in [-0.2, 0) is 9.84 Å². The summed E-state index contributed by atoms with van der Waals surface area (Å²) in [6.07, 6.45) is 5.40. The summed E-state index contributed by atoms with van der Waals surface area (Å²) in [5, 5.41) is 3.47. The Morgan fingerprint density at radius 3 is 2.76 bits per heavy atom. The molecule has 17 heavy (non-hydrogen) atoms. The van der Waals surface area contributed by atoms with E-state index in [1.54, 1.807) is 0 Å². The first-order valence-corrected chi connectivity index (χ1v) is 8.42. The lowest BCUT2D eigenvalue weighted by molar-refractivity contribution is 0.277. The van der Waals surface area contributed by atoms with E-state index in [1.165, 1.54) is 12.8 Å². The van der Waals surface area contributed by atoms with Gasteiger partial charge in [-0.15, -0.1) is 0 Å². The topological polar surface area (TPSA) is 72.2 Å². The van der Waals surface area contributed by atoms with Crippen molar-refractivity contribution in [3.63, 3.8) is 0 Å². The molecule has 1 heterocycles. The molecule has 3 N–H and O–H groups in total. The molecule has 0 aromatic carbocycles. The van der Waals surface area contributed by atoms with Gasteiger partial charge in [0, 0.05) is 11.6 Å². The summed E-state index contributed by atoms with van der Waals surface area (Å²) in [5.41, 5.74) is 5.75. The number of nitrogens with two attached hydrogens (primary N) is 1. The summed E-state index contributed by atoms with van der Waals surface area (Å²) in [6.45, 7) is 2.94. The smallest absolute Gasteiger partial charge is 0.152 e. The van der Waals surface area contributed by atoms with Crippen molar-refractivity contribution in [1.82, 2.24) is 5.32 Å². The molecule has 0 radical (unpaired) electrons. The molecule has 1 aliphatic heterocycles. The first-order valence-electron chi connectivity index (χ1n) is 6.60. The number of hydrogen-bond acceptors (Lipinski definition) is 4. The van der Waals surface area contributed by atoms with Gasteiger partial charge in [-0.3, -0.25) is 0 Å². The Kier molecular flexibility index (Phi) is 3.80. The standard InChI is InChI=1S/C12H24N2O2S/c1-12(5-6-17(15,16)9-12)14-8-10-3-2-4-11(13)7-10/h10-11,14H,2-9,13H2,1H3. The van der Waals surface area contributed by atoms with Crippen LogP contribution in [0.25, 0.3) is 0 Å². The molecule has 0 amide bonds. The average molecular weight is 260 g/mol. The second kappa shape index (κ2) is 4.86. The molecule has 3 atom stereocenters. The van der Waals surface area contributed by atoms with Crippen LogP contribution in [0.2, 0.25) is 0 Å². The van der Waals surface area contributed by atoms with Crippen LogP contribution in [-0.4, -0.2) is 38.0 Å². The minimum Gasteiger partial charge on any atom is -0.328 e. The lowest BCUT2D eigenvalue weighted by Crippen LogP contribution is -2.46. The zero-order chi connectivity index (χ0) is 12.5. The van der Waals surface area contributed by atoms with E-state index in [4.69, 9.17) is 5.73 Å². The molecule has 0 aromatic rings. The minimum absolute atomic E-state index is 0.208. The average Bonchev–Trinajstić information content (AvgIpc) is 2.51. The highest BCUT2D eigenvalue weighted by atomic mass is 32.2. The van der Waals surface area contributed by atoms with Gasteiger partial charge in [0.1, 0.15) is 0 Å². The quantitative estimate of drug-likeness (QED) is 0.782. The number of nitrogens with one attached hydrogen (secondary N) is 1. The fourth-order valence-corrected chi connectivity index (χ4v) is 5.18. The molecule has 0 aromatic heterocycles. The van der Waals surface area contributed by atoms with Crippen molar-refractivity contribution in [3.05, 3.63) is 0 Å². The van der Waals surface area contributed by atoms with Crippen molar-refractivity contribution in [1.29, 1.82) is 0 Å². The molecular weight excluding hydrogens is 236 g/mol. The number of rotatable bonds is 3. The Labute approximate surface area is 104 Å². The maximum atomic E-state index is 11.5. The van der Waals surface area contributed by atoms with Gasteiger partial charge in [-0.05, 0) is 45.1 Å². The fourth-order valence-electron chi connectivity index (χ4n) is 3.06. The predicted molar refractivity (Wildman–Crippen MR) is 69.6 cm³/mol. The highest BCUT2D eigenvalue weighted by Gasteiger charge is 2.38. The largest absolute Gasteiger partial charge is 0.328 e. The number of sulfone groups is 1. The van der Waals surface area contributed by atoms with Crippen LogP contribution in [0.1, 0.15) is 39.0 Å². The monoisotopic (exact) mass is 260 g/mol. The van der Waals surface area contributed by atoms with E-state index in [1.807, 2.05) is 6.92 Å². The third-order valence-electron chi connectivity index (χ3n) is 4.14. The third-order valence-corrected chi connectivity index (χ3v) is 6.05. The maximum Gasteiger partial charge on any atom is 0.152 e. The van der Waals surface area contributed by atoms with Crippen LogP contribution in [0.15, 0.2) is 0 Å². The van der Waals surface area contributed by atoms with E-state index >= 15 is 0 Å². The van der Waals surface area contributed by atoms with Crippen molar-refractivity contribution in [2.45, 2.75) is 50.6 Å². The second-order valence-corrected chi connectivity index (χ2v) is 8.26. The van der Waals surface area contributed by atoms with Gasteiger partial charge in [0.15, 0.2) is 9.84 Å². The van der Waals surface area contributed by atoms with Gasteiger partial charge in [0.2, 0.25) is 0 Å². The third kappa shape index (κ3) is 3.66. The van der Waals surface area contributed by atoms with Gasteiger partial charge < -0.3 is 11.1 Å². The van der Waals surface area contributed by atoms with Crippen molar-refractivity contribution in [3.8, 4) is 0 Å². The van der Waals surface area contributed by atoms with E-state index in [-0.39, 0.29) is 5.54 Å². The van der Waals surface area contributed by atoms with Crippen molar-refractivity contribution >= 4 is 9.84 Å². The lowest BCUT2D eigenvalue weighted by Gasteiger charge is -2.31. The molecule has 3 unspecified atom stereocenters. The van der Waals surface area contributed by atoms with Crippen molar-refractivity contribution in [2.24, 2.45) is 11.7 Å². The van der Waals surface area contributed by atoms with Gasteiger partial charge in [-0.1, -0.05) is 6.42 Å². The highest BCUT2D eigenvalue weighted by molar-refractivity contribution is 7.91. The molecule has 0 spiro atoms. The Bertz CT molecular complexity index is 369. The first-order chi connectivity index (χ1) is 7.89. The normalized spacial score (nSPS) is 41.5. The van der Waals surface area contributed by atoms with E-state index in [0.717, 1.165) is 25.8 Å². The Hall–Kier alpha value is -0.130. The summed E-state index contributed by atoms with van der Waals surface area (Å²) in [4.78, 5) is 0. The highest BCUT2D eigenvalue weighted by Crippen LogP contribution is 2.26. The number of hydrogen-bond donors (Lipinski definition) is 2. The summed E-state index contributed by atoms with van der Waals surface area (Å²) in [7, 11) is -2.80. The van der Waals surface area contributed by atoms with Gasteiger partial charge in [-0.25, -0.2) is 8.42 Å². The van der Waals surface area contributed by atoms with Crippen LogP contribution in [0.5, 0.6) is 0 Å². The first kappa shape index (κ1) is 13.3. The molecular formula is C12H24N2O2S.